The van der Waals surface area contributed by atoms with E-state index >= 15 is 0 Å². The Bertz CT molecular complexity index is 1240. The standard InChI is InChI=1S/C21H30N6O5S3/c1-5-26-8-10-27(11-9-26)35(30,31)20-16(28)14(13-33-20)22-18-19(25-34(29)24-18)23-17(21(2,3)4)15-7-6-12-32-15/h6-7,12-13,17,28H,5,8-11H2,1-4H3,(H,22,24)(H,23,25)/t17-,34?/m0/s1. The molecule has 1 unspecified atom stereocenters. The zero-order chi connectivity index (χ0) is 25.4. The third-order valence-corrected chi connectivity index (χ3v) is 9.94. The van der Waals surface area contributed by atoms with Gasteiger partial charge in [-0.1, -0.05) is 27.7 Å². The Hall–Kier alpha value is -2.23. The van der Waals surface area contributed by atoms with E-state index in [4.69, 9.17) is 4.42 Å². The summed E-state index contributed by atoms with van der Waals surface area (Å²) in [5, 5.41) is 18.4. The lowest BCUT2D eigenvalue weighted by atomic mass is 9.85. The van der Waals surface area contributed by atoms with E-state index in [2.05, 4.69) is 24.3 Å². The van der Waals surface area contributed by atoms with E-state index in [1.54, 1.807) is 12.3 Å². The van der Waals surface area contributed by atoms with E-state index in [-0.39, 0.29) is 33.0 Å². The number of thiophene rings is 1. The fraction of sp³-hybridized carbons (Fsp3) is 0.524. The quantitative estimate of drug-likeness (QED) is 0.359. The molecule has 14 heteroatoms. The number of piperazine rings is 1. The van der Waals surface area contributed by atoms with Crippen LogP contribution < -0.4 is 10.6 Å². The summed E-state index contributed by atoms with van der Waals surface area (Å²) in [7, 11) is -3.85. The van der Waals surface area contributed by atoms with Crippen LogP contribution in [0, 0.1) is 5.41 Å². The van der Waals surface area contributed by atoms with Crippen molar-refractivity contribution < 1.29 is 22.5 Å². The van der Waals surface area contributed by atoms with Gasteiger partial charge in [0.15, 0.2) is 21.1 Å². The van der Waals surface area contributed by atoms with Gasteiger partial charge < -0.3 is 29.6 Å². The smallest absolute Gasteiger partial charge is 0.256 e. The lowest BCUT2D eigenvalue weighted by Gasteiger charge is -2.32. The van der Waals surface area contributed by atoms with Crippen LogP contribution in [0.25, 0.3) is 0 Å². The van der Waals surface area contributed by atoms with Crippen molar-refractivity contribution in [2.24, 2.45) is 5.41 Å². The predicted octanol–water partition coefficient (Wildman–Crippen LogP) is 3.83. The largest absolute Gasteiger partial charge is 0.546 e. The van der Waals surface area contributed by atoms with Crippen molar-refractivity contribution in [2.75, 3.05) is 43.4 Å². The highest BCUT2D eigenvalue weighted by atomic mass is 32.2. The summed E-state index contributed by atoms with van der Waals surface area (Å²) in [5.41, 5.74) is -0.137. The van der Waals surface area contributed by atoms with Crippen LogP contribution in [0.15, 0.2) is 32.4 Å². The molecule has 4 rings (SSSR count). The van der Waals surface area contributed by atoms with E-state index in [1.807, 2.05) is 33.8 Å². The number of aromatic hydroxyl groups is 1. The normalized spacial score (nSPS) is 17.5. The van der Waals surface area contributed by atoms with Gasteiger partial charge in [-0.15, -0.1) is 11.3 Å². The summed E-state index contributed by atoms with van der Waals surface area (Å²) in [6, 6.07) is 3.31. The van der Waals surface area contributed by atoms with Crippen molar-refractivity contribution in [3.05, 3.63) is 29.5 Å². The SMILES string of the molecule is CCN1CCN(S(=O)(=O)c2scc(Nc3n[s+]([O-])nc3N[C@@H](c3ccco3)C(C)(C)C)c2O)CC1. The maximum Gasteiger partial charge on any atom is 0.256 e. The van der Waals surface area contributed by atoms with E-state index < -0.39 is 26.9 Å². The van der Waals surface area contributed by atoms with Gasteiger partial charge in [-0.25, -0.2) is 8.42 Å². The first-order chi connectivity index (χ1) is 16.5. The fourth-order valence-electron chi connectivity index (χ4n) is 3.88. The highest BCUT2D eigenvalue weighted by Gasteiger charge is 2.34. The van der Waals surface area contributed by atoms with Crippen molar-refractivity contribution in [3.8, 4) is 5.75 Å². The van der Waals surface area contributed by atoms with Crippen LogP contribution in [0.3, 0.4) is 0 Å². The molecule has 0 radical (unpaired) electrons. The van der Waals surface area contributed by atoms with Crippen LogP contribution in [-0.4, -0.2) is 68.8 Å². The molecule has 3 N–H and O–H groups in total. The Labute approximate surface area is 211 Å². The Kier molecular flexibility index (Phi) is 7.41. The highest BCUT2D eigenvalue weighted by Crippen LogP contribution is 2.43. The third kappa shape index (κ3) is 5.47. The number of rotatable bonds is 8. The van der Waals surface area contributed by atoms with Crippen LogP contribution in [-0.2, 0) is 10.0 Å². The Morgan fingerprint density at radius 2 is 1.94 bits per heavy atom. The number of nitrogens with one attached hydrogen (secondary N) is 2. The fourth-order valence-corrected chi connectivity index (χ4v) is 7.30. The Balaban J connectivity index is 1.57. The molecule has 11 nitrogen and oxygen atoms in total. The van der Waals surface area contributed by atoms with Crippen LogP contribution in [0.5, 0.6) is 5.75 Å². The van der Waals surface area contributed by atoms with Gasteiger partial charge in [0.2, 0.25) is 11.6 Å². The zero-order valence-electron chi connectivity index (χ0n) is 20.0. The molecule has 0 bridgehead atoms. The molecule has 3 aromatic rings. The summed E-state index contributed by atoms with van der Waals surface area (Å²) < 4.78 is 53.4. The van der Waals surface area contributed by atoms with Crippen LogP contribution >= 0.6 is 22.5 Å². The number of likely N-dealkylation sites (N-methyl/N-ethyl adjacent to an activating group) is 1. The monoisotopic (exact) mass is 542 g/mol. The number of aromatic nitrogens is 2. The van der Waals surface area contributed by atoms with E-state index in [0.717, 1.165) is 17.9 Å². The number of anilines is 3. The van der Waals surface area contributed by atoms with Gasteiger partial charge in [0.05, 0.1) is 18.0 Å². The summed E-state index contributed by atoms with van der Waals surface area (Å²) in [6.45, 7) is 11.0. The van der Waals surface area contributed by atoms with E-state index in [1.165, 1.54) is 9.69 Å². The van der Waals surface area contributed by atoms with Crippen molar-refractivity contribution in [3.63, 3.8) is 0 Å². The highest BCUT2D eigenvalue weighted by molar-refractivity contribution is 7.91. The molecule has 4 heterocycles. The maximum absolute atomic E-state index is 13.2. The molecule has 0 saturated carbocycles. The molecule has 1 saturated heterocycles. The average Bonchev–Trinajstić information content (AvgIpc) is 3.53. The van der Waals surface area contributed by atoms with Crippen molar-refractivity contribution in [1.29, 1.82) is 0 Å². The molecular formula is C21H30N6O5S3. The van der Waals surface area contributed by atoms with E-state index in [9.17, 15) is 18.1 Å². The Morgan fingerprint density at radius 1 is 1.26 bits per heavy atom. The molecule has 0 spiro atoms. The maximum atomic E-state index is 13.2. The number of hydrogen-bond donors (Lipinski definition) is 3. The first-order valence-electron chi connectivity index (χ1n) is 11.2. The lowest BCUT2D eigenvalue weighted by molar-refractivity contribution is 0.196. The second-order valence-electron chi connectivity index (χ2n) is 9.32. The molecule has 0 aliphatic carbocycles. The predicted molar refractivity (Wildman–Crippen MR) is 135 cm³/mol. The first kappa shape index (κ1) is 25.9. The second-order valence-corrected chi connectivity index (χ2v) is 13.2. The van der Waals surface area contributed by atoms with Crippen LogP contribution in [0.1, 0.15) is 39.5 Å². The van der Waals surface area contributed by atoms with Crippen molar-refractivity contribution in [2.45, 2.75) is 37.9 Å². The summed E-state index contributed by atoms with van der Waals surface area (Å²) in [5.74, 6) is 0.640. The molecule has 0 aromatic carbocycles. The number of nitrogens with zero attached hydrogens (tertiary/aromatic N) is 4. The first-order valence-corrected chi connectivity index (χ1v) is 14.6. The number of hydrogen-bond acceptors (Lipinski definition) is 11. The third-order valence-electron chi connectivity index (χ3n) is 5.88. The van der Waals surface area contributed by atoms with E-state index in [0.29, 0.717) is 31.9 Å². The summed E-state index contributed by atoms with van der Waals surface area (Å²) >= 11 is -0.938. The van der Waals surface area contributed by atoms with Gasteiger partial charge in [0.1, 0.15) is 5.76 Å². The molecule has 3 aromatic heterocycles. The minimum Gasteiger partial charge on any atom is -0.546 e. The minimum absolute atomic E-state index is 0.137. The molecule has 35 heavy (non-hydrogen) atoms. The van der Waals surface area contributed by atoms with Crippen LogP contribution in [0.4, 0.5) is 17.3 Å². The summed E-state index contributed by atoms with van der Waals surface area (Å²) in [4.78, 5) is 2.17. The second kappa shape index (κ2) is 10.0. The lowest BCUT2D eigenvalue weighted by Crippen LogP contribution is -2.48. The van der Waals surface area contributed by atoms with Crippen molar-refractivity contribution >= 4 is 49.8 Å². The minimum atomic E-state index is -3.85. The molecule has 192 valence electrons. The summed E-state index contributed by atoms with van der Waals surface area (Å²) in [6.07, 6.45) is 1.57. The average molecular weight is 543 g/mol. The van der Waals surface area contributed by atoms with Gasteiger partial charge in [0.25, 0.3) is 10.0 Å². The molecule has 2 atom stereocenters. The number of sulfonamides is 1. The molecular weight excluding hydrogens is 512 g/mol. The van der Waals surface area contributed by atoms with Gasteiger partial charge in [-0.2, -0.15) is 4.31 Å². The molecule has 0 amide bonds. The number of furan rings is 1. The van der Waals surface area contributed by atoms with Gasteiger partial charge in [-0.3, -0.25) is 0 Å². The van der Waals surface area contributed by atoms with Gasteiger partial charge >= 0.3 is 0 Å². The van der Waals surface area contributed by atoms with Gasteiger partial charge in [0, 0.05) is 40.3 Å². The molecule has 1 aliphatic rings. The molecule has 1 aliphatic heterocycles. The topological polar surface area (TPSA) is 147 Å². The van der Waals surface area contributed by atoms with Crippen LogP contribution in [0.2, 0.25) is 0 Å². The van der Waals surface area contributed by atoms with Crippen molar-refractivity contribution in [1.82, 2.24) is 18.0 Å². The Morgan fingerprint density at radius 3 is 2.54 bits per heavy atom. The van der Waals surface area contributed by atoms with Gasteiger partial charge in [-0.05, 0) is 24.1 Å². The zero-order valence-corrected chi connectivity index (χ0v) is 22.5. The molecule has 1 fully saturated rings.